The average Bonchev–Trinajstić information content (AvgIpc) is 2.43. The van der Waals surface area contributed by atoms with E-state index >= 15 is 0 Å². The zero-order chi connectivity index (χ0) is 12.8. The topological polar surface area (TPSA) is 35.2 Å². The maximum Gasteiger partial charge on any atom is 0.124 e. The molecule has 0 heterocycles. The normalized spacial score (nSPS) is 10.2. The van der Waals surface area contributed by atoms with Gasteiger partial charge < -0.3 is 10.5 Å². The molecule has 2 rings (SSSR count). The first-order chi connectivity index (χ1) is 8.86. The van der Waals surface area contributed by atoms with E-state index in [0.29, 0.717) is 13.2 Å². The van der Waals surface area contributed by atoms with Gasteiger partial charge in [0, 0.05) is 18.5 Å². The van der Waals surface area contributed by atoms with Gasteiger partial charge in [0.1, 0.15) is 5.75 Å². The van der Waals surface area contributed by atoms with Crippen LogP contribution in [-0.2, 0) is 6.54 Å². The smallest absolute Gasteiger partial charge is 0.124 e. The van der Waals surface area contributed by atoms with Crippen molar-refractivity contribution in [1.82, 2.24) is 0 Å². The fraction of sp³-hybridized carbons (Fsp3) is 0.250. The molecule has 2 aromatic carbocycles. The van der Waals surface area contributed by atoms with E-state index in [1.54, 1.807) is 0 Å². The van der Waals surface area contributed by atoms with Crippen molar-refractivity contribution < 1.29 is 4.74 Å². The maximum absolute atomic E-state index is 5.83. The average molecular weight is 239 g/mol. The van der Waals surface area contributed by atoms with Crippen molar-refractivity contribution in [2.45, 2.75) is 19.4 Å². The van der Waals surface area contributed by atoms with Crippen molar-refractivity contribution in [3.8, 4) is 18.1 Å². The van der Waals surface area contributed by atoms with Crippen molar-refractivity contribution >= 4 is 10.8 Å². The number of ether oxygens (including phenoxy) is 1. The van der Waals surface area contributed by atoms with Crippen molar-refractivity contribution in [2.75, 3.05) is 6.61 Å². The van der Waals surface area contributed by atoms with E-state index in [4.69, 9.17) is 16.9 Å². The molecule has 2 N–H and O–H groups in total. The molecule has 0 atom stereocenters. The molecule has 0 radical (unpaired) electrons. The zero-order valence-corrected chi connectivity index (χ0v) is 10.4. The molecular formula is C16H17NO. The summed E-state index contributed by atoms with van der Waals surface area (Å²) < 4.78 is 5.76. The van der Waals surface area contributed by atoms with Gasteiger partial charge in [0.15, 0.2) is 0 Å². The predicted octanol–water partition coefficient (Wildman–Crippen LogP) is 3.09. The van der Waals surface area contributed by atoms with Crippen LogP contribution in [0, 0.1) is 12.3 Å². The second kappa shape index (κ2) is 6.09. The second-order valence-corrected chi connectivity index (χ2v) is 4.12. The number of unbranched alkanes of at least 4 members (excludes halogenated alkanes) is 1. The van der Waals surface area contributed by atoms with Gasteiger partial charge in [-0.2, -0.15) is 0 Å². The van der Waals surface area contributed by atoms with E-state index in [9.17, 15) is 0 Å². The van der Waals surface area contributed by atoms with Gasteiger partial charge in [-0.1, -0.05) is 30.3 Å². The Morgan fingerprint density at radius 1 is 1.17 bits per heavy atom. The molecule has 0 aromatic heterocycles. The molecule has 2 aromatic rings. The third-order valence-electron chi connectivity index (χ3n) is 2.92. The Balaban J connectivity index is 2.25. The number of rotatable bonds is 5. The van der Waals surface area contributed by atoms with Crippen LogP contribution < -0.4 is 10.5 Å². The first-order valence-electron chi connectivity index (χ1n) is 6.13. The molecule has 0 aliphatic carbocycles. The molecular weight excluding hydrogens is 222 g/mol. The van der Waals surface area contributed by atoms with Crippen LogP contribution in [0.3, 0.4) is 0 Å². The maximum atomic E-state index is 5.83. The van der Waals surface area contributed by atoms with Gasteiger partial charge in [0.2, 0.25) is 0 Å². The van der Waals surface area contributed by atoms with Crippen molar-refractivity contribution in [2.24, 2.45) is 5.73 Å². The summed E-state index contributed by atoms with van der Waals surface area (Å²) in [6.07, 6.45) is 6.82. The van der Waals surface area contributed by atoms with Crippen LogP contribution in [0.15, 0.2) is 36.4 Å². The van der Waals surface area contributed by atoms with Gasteiger partial charge in [0.25, 0.3) is 0 Å². The molecule has 0 bridgehead atoms. The highest BCUT2D eigenvalue weighted by molar-refractivity contribution is 5.87. The molecule has 18 heavy (non-hydrogen) atoms. The summed E-state index contributed by atoms with van der Waals surface area (Å²) in [6, 6.07) is 12.2. The van der Waals surface area contributed by atoms with Gasteiger partial charge in [-0.25, -0.2) is 0 Å². The Labute approximate surface area is 108 Å². The fourth-order valence-corrected chi connectivity index (χ4v) is 2.02. The summed E-state index contributed by atoms with van der Waals surface area (Å²) >= 11 is 0. The van der Waals surface area contributed by atoms with Crippen LogP contribution >= 0.6 is 0 Å². The number of benzene rings is 2. The molecule has 0 aliphatic rings. The lowest BCUT2D eigenvalue weighted by atomic mass is 10.0. The monoisotopic (exact) mass is 239 g/mol. The first-order valence-corrected chi connectivity index (χ1v) is 6.13. The standard InChI is InChI=1S/C16H17NO/c1-2-3-6-11-18-16-10-9-13-7-4-5-8-14(13)15(16)12-17/h1,4-5,7-10H,3,6,11-12,17H2. The Morgan fingerprint density at radius 2 is 2.00 bits per heavy atom. The molecule has 92 valence electrons. The SMILES string of the molecule is C#CCCCOc1ccc2ccccc2c1CN. The lowest BCUT2D eigenvalue weighted by molar-refractivity contribution is 0.310. The van der Waals surface area contributed by atoms with E-state index in [1.165, 1.54) is 5.39 Å². The Morgan fingerprint density at radius 3 is 2.78 bits per heavy atom. The van der Waals surface area contributed by atoms with Crippen LogP contribution in [0.25, 0.3) is 10.8 Å². The van der Waals surface area contributed by atoms with Crippen molar-refractivity contribution in [1.29, 1.82) is 0 Å². The minimum absolute atomic E-state index is 0.478. The molecule has 0 spiro atoms. The van der Waals surface area contributed by atoms with Crippen LogP contribution in [0.5, 0.6) is 5.75 Å². The number of hydrogen-bond donors (Lipinski definition) is 1. The van der Waals surface area contributed by atoms with Crippen LogP contribution in [0.1, 0.15) is 18.4 Å². The largest absolute Gasteiger partial charge is 0.493 e. The van der Waals surface area contributed by atoms with Crippen LogP contribution in [0.2, 0.25) is 0 Å². The van der Waals surface area contributed by atoms with Crippen molar-refractivity contribution in [3.63, 3.8) is 0 Å². The summed E-state index contributed by atoms with van der Waals surface area (Å²) in [4.78, 5) is 0. The van der Waals surface area contributed by atoms with Gasteiger partial charge >= 0.3 is 0 Å². The number of hydrogen-bond acceptors (Lipinski definition) is 2. The molecule has 2 heteroatoms. The van der Waals surface area contributed by atoms with Crippen molar-refractivity contribution in [3.05, 3.63) is 42.0 Å². The van der Waals surface area contributed by atoms with E-state index in [1.807, 2.05) is 18.2 Å². The van der Waals surface area contributed by atoms with Gasteiger partial charge in [-0.15, -0.1) is 12.3 Å². The van der Waals surface area contributed by atoms with E-state index < -0.39 is 0 Å². The lowest BCUT2D eigenvalue weighted by Crippen LogP contribution is -2.04. The lowest BCUT2D eigenvalue weighted by Gasteiger charge is -2.12. The highest BCUT2D eigenvalue weighted by Crippen LogP contribution is 2.27. The number of nitrogens with two attached hydrogens (primary N) is 1. The van der Waals surface area contributed by atoms with E-state index in [0.717, 1.165) is 29.5 Å². The highest BCUT2D eigenvalue weighted by atomic mass is 16.5. The summed E-state index contributed by atoms with van der Waals surface area (Å²) in [5.41, 5.74) is 6.90. The Hall–Kier alpha value is -1.98. The van der Waals surface area contributed by atoms with Crippen LogP contribution in [-0.4, -0.2) is 6.61 Å². The minimum Gasteiger partial charge on any atom is -0.493 e. The minimum atomic E-state index is 0.478. The summed E-state index contributed by atoms with van der Waals surface area (Å²) in [5.74, 6) is 3.48. The molecule has 2 nitrogen and oxygen atoms in total. The van der Waals surface area contributed by atoms with Gasteiger partial charge in [0.05, 0.1) is 6.61 Å². The predicted molar refractivity (Wildman–Crippen MR) is 75.4 cm³/mol. The molecule has 0 amide bonds. The number of terminal acetylenes is 1. The summed E-state index contributed by atoms with van der Waals surface area (Å²) in [7, 11) is 0. The number of fused-ring (bicyclic) bond motifs is 1. The third-order valence-corrected chi connectivity index (χ3v) is 2.92. The Bertz CT molecular complexity index is 569. The fourth-order valence-electron chi connectivity index (χ4n) is 2.02. The second-order valence-electron chi connectivity index (χ2n) is 4.12. The zero-order valence-electron chi connectivity index (χ0n) is 10.4. The van der Waals surface area contributed by atoms with E-state index in [2.05, 4.69) is 24.1 Å². The van der Waals surface area contributed by atoms with E-state index in [-0.39, 0.29) is 0 Å². The molecule has 0 unspecified atom stereocenters. The van der Waals surface area contributed by atoms with Crippen LogP contribution in [0.4, 0.5) is 0 Å². The summed E-state index contributed by atoms with van der Waals surface area (Å²) in [6.45, 7) is 1.11. The molecule has 0 aliphatic heterocycles. The highest BCUT2D eigenvalue weighted by Gasteiger charge is 2.06. The summed E-state index contributed by atoms with van der Waals surface area (Å²) in [5, 5.41) is 2.35. The van der Waals surface area contributed by atoms with Gasteiger partial charge in [-0.3, -0.25) is 0 Å². The third kappa shape index (κ3) is 2.64. The molecule has 0 saturated heterocycles. The quantitative estimate of drug-likeness (QED) is 0.643. The molecule has 0 saturated carbocycles. The first kappa shape index (κ1) is 12.5. The molecule has 0 fully saturated rings. The Kier molecular flexibility index (Phi) is 4.22. The van der Waals surface area contributed by atoms with Gasteiger partial charge in [-0.05, 0) is 23.3 Å².